The molecule has 0 spiro atoms. The molecule has 0 unspecified atom stereocenters. The summed E-state index contributed by atoms with van der Waals surface area (Å²) in [6, 6.07) is 6.22. The van der Waals surface area contributed by atoms with E-state index in [0.717, 1.165) is 24.9 Å². The summed E-state index contributed by atoms with van der Waals surface area (Å²) in [6.45, 7) is 6.09. The van der Waals surface area contributed by atoms with Gasteiger partial charge in [-0.25, -0.2) is 0 Å². The van der Waals surface area contributed by atoms with Crippen LogP contribution in [0.15, 0.2) is 18.2 Å². The zero-order valence-corrected chi connectivity index (χ0v) is 13.9. The predicted molar refractivity (Wildman–Crippen MR) is 86.7 cm³/mol. The Bertz CT molecular complexity index is 583. The molecule has 1 aromatic rings. The largest absolute Gasteiger partial charge is 0.374 e. The van der Waals surface area contributed by atoms with E-state index in [4.69, 9.17) is 0 Å². The SMILES string of the molecule is CCN(CC)S(=O)(=O)NCc1ccc2c(c1)CCCN2C. The highest BCUT2D eigenvalue weighted by Crippen LogP contribution is 2.26. The number of rotatable bonds is 6. The van der Waals surface area contributed by atoms with Crippen molar-refractivity contribution in [2.24, 2.45) is 0 Å². The summed E-state index contributed by atoms with van der Waals surface area (Å²) in [5, 5.41) is 0. The van der Waals surface area contributed by atoms with Gasteiger partial charge in [-0.05, 0) is 30.0 Å². The van der Waals surface area contributed by atoms with Gasteiger partial charge in [0.1, 0.15) is 0 Å². The zero-order chi connectivity index (χ0) is 15.5. The fourth-order valence-corrected chi connectivity index (χ4v) is 3.99. The molecule has 118 valence electrons. The Balaban J connectivity index is 2.08. The van der Waals surface area contributed by atoms with Crippen molar-refractivity contribution in [1.29, 1.82) is 0 Å². The summed E-state index contributed by atoms with van der Waals surface area (Å²) < 4.78 is 28.3. The first kappa shape index (κ1) is 16.3. The second-order valence-corrected chi connectivity index (χ2v) is 7.15. The number of anilines is 1. The van der Waals surface area contributed by atoms with E-state index in [9.17, 15) is 8.42 Å². The Morgan fingerprint density at radius 1 is 1.29 bits per heavy atom. The predicted octanol–water partition coefficient (Wildman–Crippen LogP) is 1.75. The minimum atomic E-state index is -3.38. The molecule has 6 heteroatoms. The van der Waals surface area contributed by atoms with Gasteiger partial charge in [0, 0.05) is 38.9 Å². The average molecular weight is 311 g/mol. The second kappa shape index (κ2) is 6.77. The van der Waals surface area contributed by atoms with Crippen LogP contribution >= 0.6 is 0 Å². The maximum Gasteiger partial charge on any atom is 0.279 e. The lowest BCUT2D eigenvalue weighted by molar-refractivity contribution is 0.434. The standard InChI is InChI=1S/C15H25N3O2S/c1-4-18(5-2)21(19,20)16-12-13-8-9-15-14(11-13)7-6-10-17(15)3/h8-9,11,16H,4-7,10,12H2,1-3H3. The minimum absolute atomic E-state index is 0.343. The zero-order valence-electron chi connectivity index (χ0n) is 13.1. The van der Waals surface area contributed by atoms with Crippen molar-refractivity contribution in [2.45, 2.75) is 33.2 Å². The monoisotopic (exact) mass is 311 g/mol. The fraction of sp³-hybridized carbons (Fsp3) is 0.600. The van der Waals surface area contributed by atoms with Crippen LogP contribution in [0.25, 0.3) is 0 Å². The van der Waals surface area contributed by atoms with E-state index in [1.807, 2.05) is 19.9 Å². The molecule has 1 N–H and O–H groups in total. The average Bonchev–Trinajstić information content (AvgIpc) is 2.46. The van der Waals surface area contributed by atoms with Gasteiger partial charge in [0.05, 0.1) is 0 Å². The number of nitrogens with zero attached hydrogens (tertiary/aromatic N) is 2. The number of aryl methyl sites for hydroxylation is 1. The van der Waals surface area contributed by atoms with Crippen molar-refractivity contribution in [3.05, 3.63) is 29.3 Å². The molecular formula is C15H25N3O2S. The Labute approximate surface area is 128 Å². The molecular weight excluding hydrogens is 286 g/mol. The molecule has 1 heterocycles. The van der Waals surface area contributed by atoms with Gasteiger partial charge < -0.3 is 4.90 Å². The van der Waals surface area contributed by atoms with Crippen LogP contribution in [0.3, 0.4) is 0 Å². The number of nitrogens with one attached hydrogen (secondary N) is 1. The molecule has 0 saturated heterocycles. The van der Waals surface area contributed by atoms with Crippen molar-refractivity contribution >= 4 is 15.9 Å². The van der Waals surface area contributed by atoms with E-state index in [1.54, 1.807) is 0 Å². The minimum Gasteiger partial charge on any atom is -0.374 e. The highest BCUT2D eigenvalue weighted by molar-refractivity contribution is 7.87. The van der Waals surface area contributed by atoms with E-state index in [-0.39, 0.29) is 0 Å². The quantitative estimate of drug-likeness (QED) is 0.871. The molecule has 0 atom stereocenters. The summed E-state index contributed by atoms with van der Waals surface area (Å²) in [5.41, 5.74) is 3.58. The van der Waals surface area contributed by atoms with Crippen LogP contribution in [-0.4, -0.2) is 39.4 Å². The molecule has 2 rings (SSSR count). The van der Waals surface area contributed by atoms with Gasteiger partial charge in [0.15, 0.2) is 0 Å². The van der Waals surface area contributed by atoms with Crippen LogP contribution in [0.5, 0.6) is 0 Å². The van der Waals surface area contributed by atoms with Crippen LogP contribution in [-0.2, 0) is 23.2 Å². The van der Waals surface area contributed by atoms with Crippen LogP contribution in [0.2, 0.25) is 0 Å². The van der Waals surface area contributed by atoms with Gasteiger partial charge in [0.25, 0.3) is 10.2 Å². The first-order valence-electron chi connectivity index (χ1n) is 7.55. The van der Waals surface area contributed by atoms with Crippen molar-refractivity contribution in [2.75, 3.05) is 31.6 Å². The molecule has 0 amide bonds. The van der Waals surface area contributed by atoms with E-state index in [2.05, 4.69) is 28.8 Å². The lowest BCUT2D eigenvalue weighted by Gasteiger charge is -2.28. The molecule has 21 heavy (non-hydrogen) atoms. The summed E-state index contributed by atoms with van der Waals surface area (Å²) in [7, 11) is -1.28. The third-order valence-corrected chi connectivity index (χ3v) is 5.70. The van der Waals surface area contributed by atoms with Gasteiger partial charge in [-0.3, -0.25) is 0 Å². The van der Waals surface area contributed by atoms with Gasteiger partial charge in [0.2, 0.25) is 0 Å². The first-order chi connectivity index (χ1) is 9.97. The third kappa shape index (κ3) is 3.75. The highest BCUT2D eigenvalue weighted by atomic mass is 32.2. The van der Waals surface area contributed by atoms with Crippen LogP contribution < -0.4 is 9.62 Å². The number of benzene rings is 1. The molecule has 0 fully saturated rings. The molecule has 1 aromatic carbocycles. The molecule has 0 radical (unpaired) electrons. The van der Waals surface area contributed by atoms with Gasteiger partial charge in [-0.15, -0.1) is 0 Å². The molecule has 0 aromatic heterocycles. The second-order valence-electron chi connectivity index (χ2n) is 5.40. The van der Waals surface area contributed by atoms with Crippen molar-refractivity contribution in [3.8, 4) is 0 Å². The summed E-state index contributed by atoms with van der Waals surface area (Å²) in [5.74, 6) is 0. The molecule has 1 aliphatic rings. The number of fused-ring (bicyclic) bond motifs is 1. The van der Waals surface area contributed by atoms with Crippen LogP contribution in [0.1, 0.15) is 31.4 Å². The molecule has 0 aliphatic carbocycles. The highest BCUT2D eigenvalue weighted by Gasteiger charge is 2.18. The molecule has 5 nitrogen and oxygen atoms in total. The molecule has 1 aliphatic heterocycles. The number of hydrogen-bond donors (Lipinski definition) is 1. The fourth-order valence-electron chi connectivity index (χ4n) is 2.78. The van der Waals surface area contributed by atoms with E-state index in [0.29, 0.717) is 19.6 Å². The van der Waals surface area contributed by atoms with Gasteiger partial charge in [-0.1, -0.05) is 26.0 Å². The summed E-state index contributed by atoms with van der Waals surface area (Å²) in [6.07, 6.45) is 2.22. The van der Waals surface area contributed by atoms with Gasteiger partial charge >= 0.3 is 0 Å². The van der Waals surface area contributed by atoms with Crippen molar-refractivity contribution in [1.82, 2.24) is 9.03 Å². The molecule has 0 saturated carbocycles. The van der Waals surface area contributed by atoms with Crippen LogP contribution in [0, 0.1) is 0 Å². The first-order valence-corrected chi connectivity index (χ1v) is 8.99. The van der Waals surface area contributed by atoms with E-state index < -0.39 is 10.2 Å². The normalized spacial score (nSPS) is 15.3. The Morgan fingerprint density at radius 3 is 2.67 bits per heavy atom. The topological polar surface area (TPSA) is 52.7 Å². The Kier molecular flexibility index (Phi) is 5.24. The van der Waals surface area contributed by atoms with Crippen molar-refractivity contribution < 1.29 is 8.42 Å². The molecule has 0 bridgehead atoms. The van der Waals surface area contributed by atoms with Crippen molar-refractivity contribution in [3.63, 3.8) is 0 Å². The summed E-state index contributed by atoms with van der Waals surface area (Å²) in [4.78, 5) is 2.25. The smallest absolute Gasteiger partial charge is 0.279 e. The Morgan fingerprint density at radius 2 is 2.00 bits per heavy atom. The van der Waals surface area contributed by atoms with E-state index in [1.165, 1.54) is 15.6 Å². The summed E-state index contributed by atoms with van der Waals surface area (Å²) >= 11 is 0. The number of hydrogen-bond acceptors (Lipinski definition) is 3. The Hall–Kier alpha value is -1.11. The van der Waals surface area contributed by atoms with Gasteiger partial charge in [-0.2, -0.15) is 17.4 Å². The maximum atomic E-state index is 12.1. The van der Waals surface area contributed by atoms with E-state index >= 15 is 0 Å². The van der Waals surface area contributed by atoms with Crippen LogP contribution in [0.4, 0.5) is 5.69 Å². The third-order valence-electron chi connectivity index (χ3n) is 4.00. The lowest BCUT2D eigenvalue weighted by atomic mass is 10.00. The maximum absolute atomic E-state index is 12.1. The lowest BCUT2D eigenvalue weighted by Crippen LogP contribution is -2.40.